The maximum Gasteiger partial charge on any atom is 0.0703 e. The molecule has 1 heterocycles. The van der Waals surface area contributed by atoms with Crippen molar-refractivity contribution in [1.82, 2.24) is 5.32 Å². The quantitative estimate of drug-likeness (QED) is 0.914. The topological polar surface area (TPSA) is 35.8 Å². The Bertz CT molecular complexity index is 362. The molecule has 0 atom stereocenters. The van der Waals surface area contributed by atoms with Gasteiger partial charge in [0.25, 0.3) is 0 Å². The van der Waals surface area contributed by atoms with Crippen LogP contribution in [0.15, 0.2) is 15.9 Å². The van der Waals surface area contributed by atoms with Gasteiger partial charge in [0.05, 0.1) is 15.3 Å². The smallest absolute Gasteiger partial charge is 0.0703 e. The SMILES string of the molecule is N#CC1(CNCc2ccc(Br)s2)CC1. The molecule has 1 fully saturated rings. The van der Waals surface area contributed by atoms with Crippen LogP contribution in [-0.2, 0) is 6.54 Å². The Morgan fingerprint density at radius 1 is 1.57 bits per heavy atom. The lowest BCUT2D eigenvalue weighted by Crippen LogP contribution is -2.21. The van der Waals surface area contributed by atoms with Crippen molar-refractivity contribution in [1.29, 1.82) is 5.26 Å². The lowest BCUT2D eigenvalue weighted by molar-refractivity contribution is 0.561. The monoisotopic (exact) mass is 270 g/mol. The van der Waals surface area contributed by atoms with Gasteiger partial charge in [-0.1, -0.05) is 0 Å². The van der Waals surface area contributed by atoms with E-state index in [0.29, 0.717) is 0 Å². The van der Waals surface area contributed by atoms with Gasteiger partial charge < -0.3 is 5.32 Å². The molecule has 0 unspecified atom stereocenters. The van der Waals surface area contributed by atoms with Crippen LogP contribution >= 0.6 is 27.3 Å². The summed E-state index contributed by atoms with van der Waals surface area (Å²) in [6.45, 7) is 1.71. The molecule has 1 N–H and O–H groups in total. The number of nitriles is 1. The number of hydrogen-bond acceptors (Lipinski definition) is 3. The van der Waals surface area contributed by atoms with E-state index in [4.69, 9.17) is 5.26 Å². The van der Waals surface area contributed by atoms with Crippen LogP contribution in [0, 0.1) is 16.7 Å². The maximum absolute atomic E-state index is 8.86. The third kappa shape index (κ3) is 2.35. The molecule has 1 saturated carbocycles. The van der Waals surface area contributed by atoms with E-state index in [0.717, 1.165) is 29.7 Å². The third-order valence-corrected chi connectivity index (χ3v) is 4.11. The van der Waals surface area contributed by atoms with Gasteiger partial charge in [0.2, 0.25) is 0 Å². The van der Waals surface area contributed by atoms with Gasteiger partial charge in [-0.3, -0.25) is 0 Å². The molecule has 0 saturated heterocycles. The van der Waals surface area contributed by atoms with E-state index in [2.05, 4.69) is 39.4 Å². The Hall–Kier alpha value is -0.370. The average molecular weight is 271 g/mol. The minimum absolute atomic E-state index is 0.0332. The lowest BCUT2D eigenvalue weighted by atomic mass is 10.1. The summed E-state index contributed by atoms with van der Waals surface area (Å²) in [6, 6.07) is 6.53. The third-order valence-electron chi connectivity index (χ3n) is 2.48. The van der Waals surface area contributed by atoms with E-state index in [1.165, 1.54) is 4.88 Å². The number of halogens is 1. The molecule has 14 heavy (non-hydrogen) atoms. The molecule has 74 valence electrons. The largest absolute Gasteiger partial charge is 0.310 e. The molecule has 1 aromatic heterocycles. The zero-order valence-electron chi connectivity index (χ0n) is 7.72. The van der Waals surface area contributed by atoms with Gasteiger partial charge in [-0.15, -0.1) is 11.3 Å². The second-order valence-electron chi connectivity index (χ2n) is 3.70. The van der Waals surface area contributed by atoms with Crippen molar-refractivity contribution in [2.45, 2.75) is 19.4 Å². The second kappa shape index (κ2) is 4.01. The summed E-state index contributed by atoms with van der Waals surface area (Å²) in [5.74, 6) is 0. The Balaban J connectivity index is 1.76. The van der Waals surface area contributed by atoms with Crippen LogP contribution < -0.4 is 5.32 Å². The zero-order valence-corrected chi connectivity index (χ0v) is 10.1. The number of nitrogens with zero attached hydrogens (tertiary/aromatic N) is 1. The fourth-order valence-electron chi connectivity index (χ4n) is 1.35. The number of nitrogens with one attached hydrogen (secondary N) is 1. The summed E-state index contributed by atoms with van der Waals surface area (Å²) in [5, 5.41) is 12.2. The normalized spacial score (nSPS) is 17.7. The van der Waals surface area contributed by atoms with Crippen molar-refractivity contribution < 1.29 is 0 Å². The van der Waals surface area contributed by atoms with Crippen LogP contribution in [0.5, 0.6) is 0 Å². The van der Waals surface area contributed by atoms with Crippen LogP contribution in [-0.4, -0.2) is 6.54 Å². The maximum atomic E-state index is 8.86. The first-order chi connectivity index (χ1) is 6.74. The predicted molar refractivity (Wildman–Crippen MR) is 61.0 cm³/mol. The summed E-state index contributed by atoms with van der Waals surface area (Å²) in [7, 11) is 0. The highest BCUT2D eigenvalue weighted by molar-refractivity contribution is 9.11. The molecule has 1 aliphatic carbocycles. The molecule has 2 nitrogen and oxygen atoms in total. The van der Waals surface area contributed by atoms with E-state index in [1.807, 2.05) is 0 Å². The highest BCUT2D eigenvalue weighted by Crippen LogP contribution is 2.44. The highest BCUT2D eigenvalue weighted by Gasteiger charge is 2.42. The van der Waals surface area contributed by atoms with Crippen LogP contribution in [0.3, 0.4) is 0 Å². The van der Waals surface area contributed by atoms with Gasteiger partial charge in [0, 0.05) is 18.0 Å². The molecule has 0 radical (unpaired) electrons. The summed E-state index contributed by atoms with van der Waals surface area (Å²) in [4.78, 5) is 1.31. The lowest BCUT2D eigenvalue weighted by Gasteiger charge is -2.05. The van der Waals surface area contributed by atoms with Crippen LogP contribution in [0.2, 0.25) is 0 Å². The summed E-state index contributed by atoms with van der Waals surface area (Å²) >= 11 is 5.17. The van der Waals surface area contributed by atoms with Gasteiger partial charge >= 0.3 is 0 Å². The molecular formula is C10H11BrN2S. The Kier molecular flexibility index (Phi) is 2.91. The standard InChI is InChI=1S/C10H11BrN2S/c11-9-2-1-8(14-9)5-13-7-10(6-12)3-4-10/h1-2,13H,3-5,7H2. The van der Waals surface area contributed by atoms with Gasteiger partial charge in [0.15, 0.2) is 0 Å². The molecule has 0 bridgehead atoms. The van der Waals surface area contributed by atoms with Gasteiger partial charge in [0.1, 0.15) is 0 Å². The van der Waals surface area contributed by atoms with Crippen molar-refractivity contribution >= 4 is 27.3 Å². The molecule has 0 aromatic carbocycles. The minimum Gasteiger partial charge on any atom is -0.310 e. The average Bonchev–Trinajstić information content (AvgIpc) is 2.84. The molecule has 1 aliphatic rings. The van der Waals surface area contributed by atoms with Crippen molar-refractivity contribution in [3.05, 3.63) is 20.8 Å². The first-order valence-electron chi connectivity index (χ1n) is 4.60. The summed E-state index contributed by atoms with van der Waals surface area (Å²) < 4.78 is 1.16. The zero-order chi connectivity index (χ0) is 10.0. The van der Waals surface area contributed by atoms with Crippen LogP contribution in [0.4, 0.5) is 0 Å². The van der Waals surface area contributed by atoms with E-state index in [1.54, 1.807) is 11.3 Å². The number of hydrogen-bond donors (Lipinski definition) is 1. The van der Waals surface area contributed by atoms with E-state index >= 15 is 0 Å². The first kappa shape index (κ1) is 10.2. The van der Waals surface area contributed by atoms with Gasteiger partial charge in [-0.2, -0.15) is 5.26 Å². The Morgan fingerprint density at radius 2 is 2.36 bits per heavy atom. The molecule has 1 aromatic rings. The molecule has 0 amide bonds. The second-order valence-corrected chi connectivity index (χ2v) is 6.25. The van der Waals surface area contributed by atoms with Crippen molar-refractivity contribution in [3.63, 3.8) is 0 Å². The molecule has 4 heteroatoms. The van der Waals surface area contributed by atoms with Crippen molar-refractivity contribution in [2.24, 2.45) is 5.41 Å². The van der Waals surface area contributed by atoms with Gasteiger partial charge in [-0.25, -0.2) is 0 Å². The first-order valence-corrected chi connectivity index (χ1v) is 6.21. The number of rotatable bonds is 4. The summed E-state index contributed by atoms with van der Waals surface area (Å²) in [6.07, 6.45) is 2.12. The molecule has 2 rings (SSSR count). The molecular weight excluding hydrogens is 260 g/mol. The summed E-state index contributed by atoms with van der Waals surface area (Å²) in [5.41, 5.74) is -0.0332. The fourth-order valence-corrected chi connectivity index (χ4v) is 2.80. The van der Waals surface area contributed by atoms with Crippen molar-refractivity contribution in [3.8, 4) is 6.07 Å². The minimum atomic E-state index is -0.0332. The molecule has 0 spiro atoms. The van der Waals surface area contributed by atoms with E-state index in [9.17, 15) is 0 Å². The fraction of sp³-hybridized carbons (Fsp3) is 0.500. The van der Waals surface area contributed by atoms with Crippen LogP contribution in [0.25, 0.3) is 0 Å². The van der Waals surface area contributed by atoms with Crippen LogP contribution in [0.1, 0.15) is 17.7 Å². The van der Waals surface area contributed by atoms with E-state index < -0.39 is 0 Å². The Labute approximate surface area is 96.1 Å². The predicted octanol–water partition coefficient (Wildman–Crippen LogP) is 2.90. The van der Waals surface area contributed by atoms with E-state index in [-0.39, 0.29) is 5.41 Å². The number of thiophene rings is 1. The Morgan fingerprint density at radius 3 is 2.86 bits per heavy atom. The molecule has 0 aliphatic heterocycles. The van der Waals surface area contributed by atoms with Crippen molar-refractivity contribution in [2.75, 3.05) is 6.54 Å². The highest BCUT2D eigenvalue weighted by atomic mass is 79.9. The van der Waals surface area contributed by atoms with Gasteiger partial charge in [-0.05, 0) is 40.9 Å².